The van der Waals surface area contributed by atoms with Gasteiger partial charge in [0.25, 0.3) is 0 Å². The summed E-state index contributed by atoms with van der Waals surface area (Å²) in [4.78, 5) is 22.0. The van der Waals surface area contributed by atoms with Crippen LogP contribution < -0.4 is 4.74 Å². The molecule has 0 aliphatic rings. The molecule has 3 aromatic carbocycles. The van der Waals surface area contributed by atoms with Crippen LogP contribution in [0.15, 0.2) is 98.1 Å². The second-order valence-electron chi connectivity index (χ2n) is 6.99. The van der Waals surface area contributed by atoms with E-state index in [-0.39, 0.29) is 0 Å². The summed E-state index contributed by atoms with van der Waals surface area (Å²) in [7, 11) is 0. The molecule has 3 aromatic rings. The SMILES string of the molecule is C=CCOOCCc1ccc(OC(=O)C=Cc2ccc(-c3ccc(C=C)cc3)cc2)cc1. The minimum absolute atomic E-state index is 0.358. The first-order valence-electron chi connectivity index (χ1n) is 10.3. The molecule has 0 aliphatic heterocycles. The largest absolute Gasteiger partial charge is 0.423 e. The van der Waals surface area contributed by atoms with Gasteiger partial charge in [-0.05, 0) is 52.4 Å². The van der Waals surface area contributed by atoms with Crippen LogP contribution in [0.3, 0.4) is 0 Å². The first-order chi connectivity index (χ1) is 15.7. The standard InChI is InChI=1S/C28H26O4/c1-3-20-30-31-21-19-24-9-16-27(17-10-24)32-28(29)18-11-23-7-14-26(15-8-23)25-12-5-22(4-2)6-13-25/h3-18H,1-2,19-21H2. The number of ether oxygens (including phenoxy) is 1. The van der Waals surface area contributed by atoms with Gasteiger partial charge in [-0.3, -0.25) is 0 Å². The Morgan fingerprint density at radius 3 is 2.00 bits per heavy atom. The molecule has 4 heteroatoms. The predicted octanol–water partition coefficient (Wildman–Crippen LogP) is 6.29. The van der Waals surface area contributed by atoms with Crippen molar-refractivity contribution < 1.29 is 19.3 Å². The Balaban J connectivity index is 1.49. The zero-order valence-corrected chi connectivity index (χ0v) is 17.9. The van der Waals surface area contributed by atoms with Crippen molar-refractivity contribution in [2.45, 2.75) is 6.42 Å². The number of carbonyl (C=O) groups excluding carboxylic acids is 1. The van der Waals surface area contributed by atoms with Crippen molar-refractivity contribution in [3.63, 3.8) is 0 Å². The average Bonchev–Trinajstić information content (AvgIpc) is 2.84. The highest BCUT2D eigenvalue weighted by molar-refractivity contribution is 5.88. The lowest BCUT2D eigenvalue weighted by Gasteiger charge is -2.05. The number of hydrogen-bond donors (Lipinski definition) is 0. The van der Waals surface area contributed by atoms with Crippen molar-refractivity contribution >= 4 is 18.1 Å². The molecule has 0 N–H and O–H groups in total. The monoisotopic (exact) mass is 426 g/mol. The van der Waals surface area contributed by atoms with E-state index in [9.17, 15) is 4.79 Å². The fourth-order valence-electron chi connectivity index (χ4n) is 2.95. The van der Waals surface area contributed by atoms with Gasteiger partial charge >= 0.3 is 5.97 Å². The third-order valence-electron chi connectivity index (χ3n) is 4.69. The Morgan fingerprint density at radius 2 is 1.41 bits per heavy atom. The summed E-state index contributed by atoms with van der Waals surface area (Å²) in [6.45, 7) is 8.11. The molecule has 0 fully saturated rings. The van der Waals surface area contributed by atoms with Gasteiger partial charge in [-0.1, -0.05) is 79.4 Å². The Labute approximate surface area is 189 Å². The molecule has 162 valence electrons. The molecular formula is C28H26O4. The maximum absolute atomic E-state index is 12.1. The van der Waals surface area contributed by atoms with Crippen LogP contribution in [0.5, 0.6) is 5.75 Å². The predicted molar refractivity (Wildman–Crippen MR) is 129 cm³/mol. The van der Waals surface area contributed by atoms with E-state index in [0.717, 1.165) is 27.8 Å². The zero-order valence-electron chi connectivity index (χ0n) is 17.9. The highest BCUT2D eigenvalue weighted by Crippen LogP contribution is 2.21. The van der Waals surface area contributed by atoms with Gasteiger partial charge in [0.05, 0.1) is 6.61 Å². The quantitative estimate of drug-likeness (QED) is 0.0687. The second-order valence-corrected chi connectivity index (χ2v) is 6.99. The molecule has 0 aliphatic carbocycles. The van der Waals surface area contributed by atoms with Crippen LogP contribution in [0.2, 0.25) is 0 Å². The van der Waals surface area contributed by atoms with Gasteiger partial charge in [-0.15, -0.1) is 6.58 Å². The molecular weight excluding hydrogens is 400 g/mol. The van der Waals surface area contributed by atoms with E-state index < -0.39 is 5.97 Å². The molecule has 0 saturated carbocycles. The van der Waals surface area contributed by atoms with E-state index in [2.05, 4.69) is 25.3 Å². The van der Waals surface area contributed by atoms with Gasteiger partial charge in [-0.2, -0.15) is 0 Å². The van der Waals surface area contributed by atoms with E-state index in [4.69, 9.17) is 14.5 Å². The minimum Gasteiger partial charge on any atom is -0.423 e. The lowest BCUT2D eigenvalue weighted by atomic mass is 10.0. The van der Waals surface area contributed by atoms with Crippen LogP contribution in [0, 0.1) is 0 Å². The molecule has 0 bridgehead atoms. The van der Waals surface area contributed by atoms with Crippen LogP contribution in [0.25, 0.3) is 23.3 Å². The van der Waals surface area contributed by atoms with Crippen molar-refractivity contribution in [1.29, 1.82) is 0 Å². The maximum Gasteiger partial charge on any atom is 0.336 e. The first kappa shape index (κ1) is 22.9. The molecule has 0 atom stereocenters. The lowest BCUT2D eigenvalue weighted by Crippen LogP contribution is -2.04. The molecule has 0 radical (unpaired) electrons. The van der Waals surface area contributed by atoms with Crippen LogP contribution in [0.1, 0.15) is 16.7 Å². The van der Waals surface area contributed by atoms with Crippen LogP contribution >= 0.6 is 0 Å². The van der Waals surface area contributed by atoms with Crippen molar-refractivity contribution in [2.75, 3.05) is 13.2 Å². The van der Waals surface area contributed by atoms with E-state index in [1.54, 1.807) is 24.3 Å². The number of benzene rings is 3. The molecule has 0 spiro atoms. The Morgan fingerprint density at radius 1 is 0.781 bits per heavy atom. The fourth-order valence-corrected chi connectivity index (χ4v) is 2.95. The summed E-state index contributed by atoms with van der Waals surface area (Å²) in [5.41, 5.74) is 5.30. The van der Waals surface area contributed by atoms with Crippen LogP contribution in [-0.2, 0) is 21.0 Å². The summed E-state index contributed by atoms with van der Waals surface area (Å²) in [6.07, 6.45) is 7.30. The molecule has 0 amide bonds. The topological polar surface area (TPSA) is 44.8 Å². The summed E-state index contributed by atoms with van der Waals surface area (Å²) in [5, 5.41) is 0. The summed E-state index contributed by atoms with van der Waals surface area (Å²) in [5.74, 6) is 0.0635. The van der Waals surface area contributed by atoms with E-state index >= 15 is 0 Å². The van der Waals surface area contributed by atoms with Crippen molar-refractivity contribution in [1.82, 2.24) is 0 Å². The third-order valence-corrected chi connectivity index (χ3v) is 4.69. The van der Waals surface area contributed by atoms with E-state index in [0.29, 0.717) is 25.4 Å². The van der Waals surface area contributed by atoms with Gasteiger partial charge < -0.3 is 4.74 Å². The lowest BCUT2D eigenvalue weighted by molar-refractivity contribution is -0.285. The molecule has 0 saturated heterocycles. The van der Waals surface area contributed by atoms with Gasteiger partial charge in [0.1, 0.15) is 12.4 Å². The Bertz CT molecular complexity index is 1050. The molecule has 4 nitrogen and oxygen atoms in total. The number of rotatable bonds is 11. The zero-order chi connectivity index (χ0) is 22.6. The van der Waals surface area contributed by atoms with Crippen molar-refractivity contribution in [3.05, 3.63) is 115 Å². The van der Waals surface area contributed by atoms with E-state index in [1.807, 2.05) is 54.6 Å². The Kier molecular flexibility index (Phi) is 8.75. The second kappa shape index (κ2) is 12.2. The summed E-state index contributed by atoms with van der Waals surface area (Å²) >= 11 is 0. The molecule has 0 aromatic heterocycles. The molecule has 3 rings (SSSR count). The number of esters is 1. The molecule has 0 heterocycles. The number of carbonyl (C=O) groups is 1. The maximum atomic E-state index is 12.1. The van der Waals surface area contributed by atoms with Crippen molar-refractivity contribution in [3.8, 4) is 16.9 Å². The van der Waals surface area contributed by atoms with Crippen LogP contribution in [0.4, 0.5) is 0 Å². The van der Waals surface area contributed by atoms with Gasteiger partial charge in [-0.25, -0.2) is 14.6 Å². The average molecular weight is 427 g/mol. The van der Waals surface area contributed by atoms with Gasteiger partial charge in [0.2, 0.25) is 0 Å². The smallest absolute Gasteiger partial charge is 0.336 e. The highest BCUT2D eigenvalue weighted by atomic mass is 17.2. The Hall–Kier alpha value is -3.73. The normalized spacial score (nSPS) is 10.8. The highest BCUT2D eigenvalue weighted by Gasteiger charge is 2.02. The summed E-state index contributed by atoms with van der Waals surface area (Å²) < 4.78 is 5.36. The third kappa shape index (κ3) is 7.20. The summed E-state index contributed by atoms with van der Waals surface area (Å²) in [6, 6.07) is 23.5. The number of hydrogen-bond acceptors (Lipinski definition) is 4. The molecule has 32 heavy (non-hydrogen) atoms. The van der Waals surface area contributed by atoms with E-state index in [1.165, 1.54) is 6.08 Å². The minimum atomic E-state index is -0.428. The van der Waals surface area contributed by atoms with Crippen molar-refractivity contribution in [2.24, 2.45) is 0 Å². The molecule has 0 unspecified atom stereocenters. The van der Waals surface area contributed by atoms with Gasteiger partial charge in [0.15, 0.2) is 0 Å². The van der Waals surface area contributed by atoms with Crippen LogP contribution in [-0.4, -0.2) is 19.2 Å². The first-order valence-corrected chi connectivity index (χ1v) is 10.3. The van der Waals surface area contributed by atoms with Gasteiger partial charge in [0, 0.05) is 6.08 Å². The fraction of sp³-hybridized carbons (Fsp3) is 0.107.